The summed E-state index contributed by atoms with van der Waals surface area (Å²) in [7, 11) is 4.17. The van der Waals surface area contributed by atoms with Gasteiger partial charge in [0.05, 0.1) is 11.4 Å². The average Bonchev–Trinajstić information content (AvgIpc) is 2.94. The highest BCUT2D eigenvalue weighted by atomic mass is 35.5. The molecule has 0 radical (unpaired) electrons. The SMILES string of the molecule is CN1CCN(CCC(=O)Nc2cc(Nc3cc(-c4cc(Cl)ccc4F)nnc3C3=CCCN(C)C3)ccn2)CC1. The van der Waals surface area contributed by atoms with Crippen LogP contribution in [0, 0.1) is 5.82 Å². The minimum atomic E-state index is -0.431. The van der Waals surface area contributed by atoms with Gasteiger partial charge in [-0.3, -0.25) is 4.79 Å². The van der Waals surface area contributed by atoms with Crippen LogP contribution in [-0.4, -0.2) is 95.7 Å². The summed E-state index contributed by atoms with van der Waals surface area (Å²) in [5.41, 5.74) is 3.74. The molecule has 4 heterocycles. The molecule has 0 unspecified atom stereocenters. The number of piperazine rings is 1. The van der Waals surface area contributed by atoms with Crippen LogP contribution in [0.2, 0.25) is 5.02 Å². The maximum absolute atomic E-state index is 14.7. The standard InChI is InChI=1S/C29H34ClFN8O/c1-37-12-14-39(15-13-37)11-8-28(40)34-27-17-22(7-9-32-27)33-26-18-25(23-16-21(30)5-6-24(23)31)35-36-29(26)20-4-3-10-38(2)19-20/h4-7,9,16-18H,3,8,10-15,19H2,1-2H3,(H2,32,33,34,35,40). The molecule has 2 aliphatic heterocycles. The van der Waals surface area contributed by atoms with Crippen molar-refractivity contribution < 1.29 is 9.18 Å². The Balaban J connectivity index is 1.35. The van der Waals surface area contributed by atoms with E-state index in [0.717, 1.165) is 57.8 Å². The first-order chi connectivity index (χ1) is 19.3. The van der Waals surface area contributed by atoms with Crippen LogP contribution in [0.1, 0.15) is 18.5 Å². The number of amides is 1. The zero-order valence-electron chi connectivity index (χ0n) is 22.8. The van der Waals surface area contributed by atoms with E-state index in [1.165, 1.54) is 12.1 Å². The maximum Gasteiger partial charge on any atom is 0.226 e. The summed E-state index contributed by atoms with van der Waals surface area (Å²) >= 11 is 6.15. The number of rotatable bonds is 8. The average molecular weight is 565 g/mol. The van der Waals surface area contributed by atoms with E-state index < -0.39 is 5.82 Å². The summed E-state index contributed by atoms with van der Waals surface area (Å²) in [5, 5.41) is 15.6. The number of nitrogens with zero attached hydrogens (tertiary/aromatic N) is 6. The molecule has 0 bridgehead atoms. The quantitative estimate of drug-likeness (QED) is 0.417. The number of carbonyl (C=O) groups is 1. The van der Waals surface area contributed by atoms with Gasteiger partial charge < -0.3 is 25.3 Å². The fourth-order valence-corrected chi connectivity index (χ4v) is 5.06. The predicted octanol–water partition coefficient (Wildman–Crippen LogP) is 4.37. The summed E-state index contributed by atoms with van der Waals surface area (Å²) < 4.78 is 14.7. The second-order valence-electron chi connectivity index (χ2n) is 10.4. The van der Waals surface area contributed by atoms with Crippen LogP contribution < -0.4 is 10.6 Å². The highest BCUT2D eigenvalue weighted by Crippen LogP contribution is 2.32. The predicted molar refractivity (Wildman–Crippen MR) is 157 cm³/mol. The lowest BCUT2D eigenvalue weighted by molar-refractivity contribution is -0.116. The number of halogens is 2. The van der Waals surface area contributed by atoms with Gasteiger partial charge in [-0.05, 0) is 56.4 Å². The summed E-state index contributed by atoms with van der Waals surface area (Å²) in [6.45, 7) is 6.38. The van der Waals surface area contributed by atoms with E-state index in [1.807, 2.05) is 6.07 Å². The molecule has 1 fully saturated rings. The van der Waals surface area contributed by atoms with Crippen LogP contribution in [0.5, 0.6) is 0 Å². The number of likely N-dealkylation sites (N-methyl/N-ethyl adjacent to an activating group) is 2. The van der Waals surface area contributed by atoms with Crippen LogP contribution in [-0.2, 0) is 4.79 Å². The first kappa shape index (κ1) is 28.1. The van der Waals surface area contributed by atoms with Gasteiger partial charge in [-0.1, -0.05) is 17.7 Å². The topological polar surface area (TPSA) is 89.5 Å². The van der Waals surface area contributed by atoms with Gasteiger partial charge in [-0.25, -0.2) is 9.37 Å². The van der Waals surface area contributed by atoms with Crippen molar-refractivity contribution in [3.63, 3.8) is 0 Å². The van der Waals surface area contributed by atoms with Gasteiger partial charge in [0.25, 0.3) is 0 Å². The highest BCUT2D eigenvalue weighted by Gasteiger charge is 2.19. The van der Waals surface area contributed by atoms with Gasteiger partial charge >= 0.3 is 0 Å². The molecule has 1 aromatic carbocycles. The van der Waals surface area contributed by atoms with E-state index in [0.29, 0.717) is 40.0 Å². The molecular formula is C29H34ClFN8O. The van der Waals surface area contributed by atoms with Crippen molar-refractivity contribution in [3.8, 4) is 11.3 Å². The molecule has 0 aliphatic carbocycles. The smallest absolute Gasteiger partial charge is 0.226 e. The van der Waals surface area contributed by atoms with E-state index in [2.05, 4.69) is 60.7 Å². The number of aromatic nitrogens is 3. The molecule has 2 N–H and O–H groups in total. The Hall–Kier alpha value is -3.44. The van der Waals surface area contributed by atoms with Gasteiger partial charge in [0.1, 0.15) is 17.3 Å². The normalized spacial score (nSPS) is 16.9. The molecule has 0 saturated carbocycles. The van der Waals surface area contributed by atoms with Crippen LogP contribution >= 0.6 is 11.6 Å². The molecule has 40 heavy (non-hydrogen) atoms. The second-order valence-corrected chi connectivity index (χ2v) is 10.8. The number of carbonyl (C=O) groups excluding carboxylic acids is 1. The van der Waals surface area contributed by atoms with Gasteiger partial charge in [0.15, 0.2) is 0 Å². The van der Waals surface area contributed by atoms with Crippen molar-refractivity contribution in [2.45, 2.75) is 12.8 Å². The van der Waals surface area contributed by atoms with Crippen LogP contribution in [0.25, 0.3) is 16.8 Å². The number of hydrogen-bond acceptors (Lipinski definition) is 8. The fourth-order valence-electron chi connectivity index (χ4n) is 4.88. The summed E-state index contributed by atoms with van der Waals surface area (Å²) in [5.74, 6) is -0.0573. The van der Waals surface area contributed by atoms with Gasteiger partial charge in [0, 0.05) is 80.8 Å². The number of benzene rings is 1. The molecule has 5 rings (SSSR count). The molecular weight excluding hydrogens is 531 g/mol. The lowest BCUT2D eigenvalue weighted by Crippen LogP contribution is -2.45. The first-order valence-electron chi connectivity index (χ1n) is 13.5. The Morgan fingerprint density at radius 3 is 2.65 bits per heavy atom. The van der Waals surface area contributed by atoms with Crippen LogP contribution in [0.15, 0.2) is 48.7 Å². The van der Waals surface area contributed by atoms with E-state index in [4.69, 9.17) is 11.6 Å². The lowest BCUT2D eigenvalue weighted by atomic mass is 10.0. The molecule has 11 heteroatoms. The van der Waals surface area contributed by atoms with Gasteiger partial charge in [0.2, 0.25) is 5.91 Å². The summed E-state index contributed by atoms with van der Waals surface area (Å²) in [4.78, 5) is 23.8. The minimum absolute atomic E-state index is 0.0797. The monoisotopic (exact) mass is 564 g/mol. The Labute approximate surface area is 239 Å². The number of nitrogens with one attached hydrogen (secondary N) is 2. The number of pyridine rings is 1. The largest absolute Gasteiger partial charge is 0.353 e. The Bertz CT molecular complexity index is 1390. The first-order valence-corrected chi connectivity index (χ1v) is 13.9. The Morgan fingerprint density at radius 2 is 1.85 bits per heavy atom. The van der Waals surface area contributed by atoms with Crippen molar-refractivity contribution in [3.05, 3.63) is 65.2 Å². The van der Waals surface area contributed by atoms with Crippen molar-refractivity contribution >= 4 is 40.3 Å². The number of anilines is 3. The lowest BCUT2D eigenvalue weighted by Gasteiger charge is -2.32. The van der Waals surface area contributed by atoms with Gasteiger partial charge in [-0.15, -0.1) is 10.2 Å². The third kappa shape index (κ3) is 7.19. The zero-order valence-corrected chi connectivity index (χ0v) is 23.6. The Morgan fingerprint density at radius 1 is 1.02 bits per heavy atom. The molecule has 2 aromatic heterocycles. The molecule has 1 amide bonds. The van der Waals surface area contributed by atoms with E-state index in [-0.39, 0.29) is 11.5 Å². The molecule has 210 valence electrons. The van der Waals surface area contributed by atoms with Crippen molar-refractivity contribution in [1.29, 1.82) is 0 Å². The molecule has 9 nitrogen and oxygen atoms in total. The molecule has 0 atom stereocenters. The molecule has 2 aliphatic rings. The Kier molecular flexibility index (Phi) is 9.01. The van der Waals surface area contributed by atoms with Crippen molar-refractivity contribution in [2.24, 2.45) is 0 Å². The van der Waals surface area contributed by atoms with Crippen LogP contribution in [0.3, 0.4) is 0 Å². The van der Waals surface area contributed by atoms with E-state index >= 15 is 0 Å². The second kappa shape index (κ2) is 12.8. The maximum atomic E-state index is 14.7. The van der Waals surface area contributed by atoms with E-state index in [9.17, 15) is 9.18 Å². The highest BCUT2D eigenvalue weighted by molar-refractivity contribution is 6.30. The number of hydrogen-bond donors (Lipinski definition) is 2. The van der Waals surface area contributed by atoms with Crippen molar-refractivity contribution in [2.75, 3.05) is 70.5 Å². The minimum Gasteiger partial charge on any atom is -0.353 e. The summed E-state index contributed by atoms with van der Waals surface area (Å²) in [6.07, 6.45) is 5.10. The third-order valence-electron chi connectivity index (χ3n) is 7.20. The zero-order chi connectivity index (χ0) is 28.1. The van der Waals surface area contributed by atoms with Crippen LogP contribution in [0.4, 0.5) is 21.6 Å². The summed E-state index contributed by atoms with van der Waals surface area (Å²) in [6, 6.07) is 9.73. The molecule has 3 aromatic rings. The molecule has 0 spiro atoms. The van der Waals surface area contributed by atoms with Crippen molar-refractivity contribution in [1.82, 2.24) is 29.9 Å². The third-order valence-corrected chi connectivity index (χ3v) is 7.44. The fraction of sp³-hybridized carbons (Fsp3) is 0.379. The van der Waals surface area contributed by atoms with E-state index in [1.54, 1.807) is 24.4 Å². The van der Waals surface area contributed by atoms with Gasteiger partial charge in [-0.2, -0.15) is 0 Å². The molecule has 1 saturated heterocycles.